The van der Waals surface area contributed by atoms with Gasteiger partial charge in [-0.2, -0.15) is 0 Å². The summed E-state index contributed by atoms with van der Waals surface area (Å²) in [6.45, 7) is 2.02. The highest BCUT2D eigenvalue weighted by atomic mass is 16.7. The topological polar surface area (TPSA) is 36.9 Å². The molecule has 0 radical (unpaired) electrons. The van der Waals surface area contributed by atoms with Crippen LogP contribution in [0.25, 0.3) is 0 Å². The average Bonchev–Trinajstić information content (AvgIpc) is 2.42. The summed E-state index contributed by atoms with van der Waals surface area (Å²) < 4.78 is 21.4. The van der Waals surface area contributed by atoms with Crippen LogP contribution in [-0.4, -0.2) is 39.8 Å². The number of rotatable bonds is 7. The van der Waals surface area contributed by atoms with E-state index >= 15 is 0 Å². The van der Waals surface area contributed by atoms with E-state index < -0.39 is 0 Å². The van der Waals surface area contributed by atoms with Crippen molar-refractivity contribution in [2.75, 3.05) is 33.7 Å². The third-order valence-electron chi connectivity index (χ3n) is 2.90. The Hall–Kier alpha value is -1.10. The summed E-state index contributed by atoms with van der Waals surface area (Å²) >= 11 is 0. The Morgan fingerprint density at radius 3 is 3.00 bits per heavy atom. The Balaban J connectivity index is 1.64. The van der Waals surface area contributed by atoms with E-state index in [4.69, 9.17) is 18.9 Å². The number of fused-ring (bicyclic) bond motifs is 1. The number of hydrogen-bond donors (Lipinski definition) is 0. The van der Waals surface area contributed by atoms with Gasteiger partial charge in [0.1, 0.15) is 18.6 Å². The van der Waals surface area contributed by atoms with Gasteiger partial charge in [0.2, 0.25) is 0 Å². The van der Waals surface area contributed by atoms with E-state index in [1.54, 1.807) is 7.11 Å². The molecular formula is C14H20O4. The Morgan fingerprint density at radius 2 is 2.11 bits per heavy atom. The van der Waals surface area contributed by atoms with Crippen LogP contribution in [0.1, 0.15) is 12.0 Å². The van der Waals surface area contributed by atoms with Crippen LogP contribution in [0.2, 0.25) is 0 Å². The van der Waals surface area contributed by atoms with Crippen LogP contribution >= 0.6 is 0 Å². The van der Waals surface area contributed by atoms with E-state index in [0.29, 0.717) is 26.6 Å². The third-order valence-corrected chi connectivity index (χ3v) is 2.90. The standard InChI is InChI=1S/C14H20O4/c1-15-8-9-16-11-17-10-13-7-6-12-4-2-3-5-14(12)18-13/h2-5,13H,6-11H2,1H3. The second kappa shape index (κ2) is 7.36. The van der Waals surface area contributed by atoms with Crippen molar-refractivity contribution in [3.05, 3.63) is 29.8 Å². The van der Waals surface area contributed by atoms with Gasteiger partial charge >= 0.3 is 0 Å². The lowest BCUT2D eigenvalue weighted by molar-refractivity contribution is -0.0853. The quantitative estimate of drug-likeness (QED) is 0.549. The van der Waals surface area contributed by atoms with Gasteiger partial charge in [-0.05, 0) is 24.5 Å². The fraction of sp³-hybridized carbons (Fsp3) is 0.571. The smallest absolute Gasteiger partial charge is 0.147 e. The summed E-state index contributed by atoms with van der Waals surface area (Å²) in [5.41, 5.74) is 1.28. The van der Waals surface area contributed by atoms with Gasteiger partial charge in [0, 0.05) is 7.11 Å². The minimum absolute atomic E-state index is 0.130. The molecule has 1 aromatic rings. The number of hydrogen-bond acceptors (Lipinski definition) is 4. The molecule has 0 aliphatic carbocycles. The van der Waals surface area contributed by atoms with Crippen molar-refractivity contribution in [1.29, 1.82) is 0 Å². The number of aryl methyl sites for hydroxylation is 1. The summed E-state index contributed by atoms with van der Waals surface area (Å²) in [5.74, 6) is 0.984. The number of methoxy groups -OCH3 is 1. The number of ether oxygens (including phenoxy) is 4. The molecule has 0 N–H and O–H groups in total. The van der Waals surface area contributed by atoms with Gasteiger partial charge in [-0.25, -0.2) is 0 Å². The lowest BCUT2D eigenvalue weighted by Gasteiger charge is -2.25. The first kappa shape index (κ1) is 13.3. The summed E-state index contributed by atoms with van der Waals surface area (Å²) in [6.07, 6.45) is 2.18. The predicted molar refractivity (Wildman–Crippen MR) is 67.8 cm³/mol. The summed E-state index contributed by atoms with van der Waals surface area (Å²) in [7, 11) is 1.65. The fourth-order valence-corrected chi connectivity index (χ4v) is 1.94. The molecule has 0 saturated heterocycles. The molecule has 2 rings (SSSR count). The molecule has 4 nitrogen and oxygen atoms in total. The SMILES string of the molecule is COCCOCOCC1CCc2ccccc2O1. The van der Waals surface area contributed by atoms with Crippen LogP contribution in [0.15, 0.2) is 24.3 Å². The van der Waals surface area contributed by atoms with Gasteiger partial charge in [-0.3, -0.25) is 0 Å². The second-order valence-electron chi connectivity index (χ2n) is 4.28. The summed E-state index contributed by atoms with van der Waals surface area (Å²) in [4.78, 5) is 0. The van der Waals surface area contributed by atoms with Crippen molar-refractivity contribution in [3.8, 4) is 5.75 Å². The maximum absolute atomic E-state index is 5.85. The van der Waals surface area contributed by atoms with Crippen molar-refractivity contribution in [3.63, 3.8) is 0 Å². The van der Waals surface area contributed by atoms with Gasteiger partial charge in [0.25, 0.3) is 0 Å². The van der Waals surface area contributed by atoms with Gasteiger partial charge in [-0.15, -0.1) is 0 Å². The normalized spacial score (nSPS) is 18.2. The highest BCUT2D eigenvalue weighted by Crippen LogP contribution is 2.26. The third kappa shape index (κ3) is 3.98. The highest BCUT2D eigenvalue weighted by molar-refractivity contribution is 5.35. The van der Waals surface area contributed by atoms with E-state index in [2.05, 4.69) is 6.07 Å². The molecule has 0 spiro atoms. The Bertz CT molecular complexity index is 353. The van der Waals surface area contributed by atoms with E-state index in [1.165, 1.54) is 5.56 Å². The molecular weight excluding hydrogens is 232 g/mol. The van der Waals surface area contributed by atoms with Crippen molar-refractivity contribution >= 4 is 0 Å². The minimum Gasteiger partial charge on any atom is -0.488 e. The van der Waals surface area contributed by atoms with Crippen molar-refractivity contribution in [1.82, 2.24) is 0 Å². The van der Waals surface area contributed by atoms with Crippen molar-refractivity contribution in [2.24, 2.45) is 0 Å². The highest BCUT2D eigenvalue weighted by Gasteiger charge is 2.19. The first-order chi connectivity index (χ1) is 8.90. The molecule has 100 valence electrons. The molecule has 0 fully saturated rings. The van der Waals surface area contributed by atoms with Gasteiger partial charge in [0.05, 0.1) is 19.8 Å². The molecule has 1 aliphatic heterocycles. The molecule has 1 heterocycles. The lowest BCUT2D eigenvalue weighted by Crippen LogP contribution is -2.28. The van der Waals surface area contributed by atoms with E-state index in [0.717, 1.165) is 18.6 Å². The van der Waals surface area contributed by atoms with Crippen LogP contribution in [0, 0.1) is 0 Å². The van der Waals surface area contributed by atoms with Crippen LogP contribution in [0.5, 0.6) is 5.75 Å². The molecule has 0 amide bonds. The molecule has 0 bridgehead atoms. The molecule has 0 saturated carbocycles. The maximum Gasteiger partial charge on any atom is 0.147 e. The molecule has 1 unspecified atom stereocenters. The molecule has 0 aromatic heterocycles. The van der Waals surface area contributed by atoms with Crippen LogP contribution in [-0.2, 0) is 20.6 Å². The fourth-order valence-electron chi connectivity index (χ4n) is 1.94. The maximum atomic E-state index is 5.85. The van der Waals surface area contributed by atoms with E-state index in [-0.39, 0.29) is 6.10 Å². The molecule has 4 heteroatoms. The van der Waals surface area contributed by atoms with Crippen LogP contribution in [0.4, 0.5) is 0 Å². The van der Waals surface area contributed by atoms with Crippen molar-refractivity contribution in [2.45, 2.75) is 18.9 Å². The molecule has 18 heavy (non-hydrogen) atoms. The van der Waals surface area contributed by atoms with E-state index in [1.807, 2.05) is 18.2 Å². The van der Waals surface area contributed by atoms with Crippen LogP contribution < -0.4 is 4.74 Å². The zero-order valence-corrected chi connectivity index (χ0v) is 10.8. The Labute approximate surface area is 108 Å². The van der Waals surface area contributed by atoms with Gasteiger partial charge < -0.3 is 18.9 Å². The van der Waals surface area contributed by atoms with E-state index in [9.17, 15) is 0 Å². The molecule has 1 aromatic carbocycles. The molecule has 1 atom stereocenters. The number of para-hydroxylation sites is 1. The van der Waals surface area contributed by atoms with Gasteiger partial charge in [0.15, 0.2) is 0 Å². The Kier molecular flexibility index (Phi) is 5.45. The summed E-state index contributed by atoms with van der Waals surface area (Å²) in [6, 6.07) is 8.16. The largest absolute Gasteiger partial charge is 0.488 e. The molecule has 1 aliphatic rings. The second-order valence-corrected chi connectivity index (χ2v) is 4.28. The lowest BCUT2D eigenvalue weighted by atomic mass is 10.0. The zero-order valence-electron chi connectivity index (χ0n) is 10.8. The van der Waals surface area contributed by atoms with Gasteiger partial charge in [-0.1, -0.05) is 18.2 Å². The minimum atomic E-state index is 0.130. The first-order valence-corrected chi connectivity index (χ1v) is 6.29. The Morgan fingerprint density at radius 1 is 1.22 bits per heavy atom. The average molecular weight is 252 g/mol. The monoisotopic (exact) mass is 252 g/mol. The van der Waals surface area contributed by atoms with Crippen molar-refractivity contribution < 1.29 is 18.9 Å². The van der Waals surface area contributed by atoms with Crippen LogP contribution in [0.3, 0.4) is 0 Å². The first-order valence-electron chi connectivity index (χ1n) is 6.29. The number of benzene rings is 1. The predicted octanol–water partition coefficient (Wildman–Crippen LogP) is 2.02. The summed E-state index contributed by atoms with van der Waals surface area (Å²) in [5, 5.41) is 0. The zero-order chi connectivity index (χ0) is 12.6.